The molecule has 0 fully saturated rings. The highest BCUT2D eigenvalue weighted by atomic mass is 32.1. The molecule has 56 valence electrons. The van der Waals surface area contributed by atoms with Gasteiger partial charge in [0.2, 0.25) is 0 Å². The molecule has 0 amide bonds. The van der Waals surface area contributed by atoms with Crippen molar-refractivity contribution in [2.75, 3.05) is 6.54 Å². The predicted octanol–water partition coefficient (Wildman–Crippen LogP) is 1.42. The van der Waals surface area contributed by atoms with Crippen LogP contribution in [-0.4, -0.2) is 11.5 Å². The Morgan fingerprint density at radius 3 is 3.00 bits per heavy atom. The second-order valence-electron chi connectivity index (χ2n) is 1.98. The van der Waals surface area contributed by atoms with Crippen LogP contribution in [0.2, 0.25) is 0 Å². The second-order valence-corrected chi connectivity index (χ2v) is 3.25. The molecule has 2 N–H and O–H groups in total. The first-order valence-corrected chi connectivity index (χ1v) is 3.82. The fraction of sp³-hybridized carbons (Fsp3) is 0.500. The third-order valence-corrected chi connectivity index (χ3v) is 2.15. The van der Waals surface area contributed by atoms with Crippen molar-refractivity contribution in [2.45, 2.75) is 13.1 Å². The quantitative estimate of drug-likeness (QED) is 0.710. The summed E-state index contributed by atoms with van der Waals surface area (Å²) in [7, 11) is 0. The zero-order chi connectivity index (χ0) is 7.56. The fourth-order valence-corrected chi connectivity index (χ4v) is 1.41. The number of halogens is 1. The van der Waals surface area contributed by atoms with E-state index in [9.17, 15) is 4.39 Å². The summed E-state index contributed by atoms with van der Waals surface area (Å²) in [6.45, 7) is 1.89. The van der Waals surface area contributed by atoms with Crippen LogP contribution in [-0.2, 0) is 0 Å². The van der Waals surface area contributed by atoms with E-state index in [1.54, 1.807) is 0 Å². The van der Waals surface area contributed by atoms with E-state index in [4.69, 9.17) is 5.73 Å². The van der Waals surface area contributed by atoms with Gasteiger partial charge in [0.1, 0.15) is 6.17 Å². The summed E-state index contributed by atoms with van der Waals surface area (Å²) in [6, 6.07) is 0. The highest BCUT2D eigenvalue weighted by Gasteiger charge is 2.09. The fourth-order valence-electron chi connectivity index (χ4n) is 0.639. The molecular weight excluding hydrogens is 151 g/mol. The van der Waals surface area contributed by atoms with E-state index in [-0.39, 0.29) is 6.54 Å². The highest BCUT2D eigenvalue weighted by Crippen LogP contribution is 2.21. The predicted molar refractivity (Wildman–Crippen MR) is 39.8 cm³/mol. The van der Waals surface area contributed by atoms with E-state index in [2.05, 4.69) is 4.98 Å². The van der Waals surface area contributed by atoms with Gasteiger partial charge in [0.15, 0.2) is 0 Å². The average molecular weight is 160 g/mol. The van der Waals surface area contributed by atoms with Gasteiger partial charge in [-0.25, -0.2) is 9.37 Å². The molecule has 4 heteroatoms. The largest absolute Gasteiger partial charge is 0.327 e. The lowest BCUT2D eigenvalue weighted by Crippen LogP contribution is -2.05. The zero-order valence-corrected chi connectivity index (χ0v) is 6.49. The van der Waals surface area contributed by atoms with Crippen LogP contribution in [0.3, 0.4) is 0 Å². The number of alkyl halides is 1. The lowest BCUT2D eigenvalue weighted by atomic mass is 10.3. The summed E-state index contributed by atoms with van der Waals surface area (Å²) in [4.78, 5) is 4.53. The number of rotatable bonds is 2. The standard InChI is InChI=1S/C6H9FN2S/c1-4-9-3-6(10-4)5(7)2-8/h3,5H,2,8H2,1H3. The molecule has 0 spiro atoms. The monoisotopic (exact) mass is 160 g/mol. The van der Waals surface area contributed by atoms with E-state index in [1.165, 1.54) is 17.5 Å². The maximum atomic E-state index is 12.7. The maximum Gasteiger partial charge on any atom is 0.148 e. The molecule has 1 heterocycles. The topological polar surface area (TPSA) is 38.9 Å². The molecule has 1 aromatic rings. The van der Waals surface area contributed by atoms with Crippen LogP contribution in [0.25, 0.3) is 0 Å². The maximum absolute atomic E-state index is 12.7. The van der Waals surface area contributed by atoms with Gasteiger partial charge in [-0.15, -0.1) is 11.3 Å². The van der Waals surface area contributed by atoms with Crippen LogP contribution < -0.4 is 5.73 Å². The molecule has 0 saturated heterocycles. The molecule has 0 saturated carbocycles. The molecule has 10 heavy (non-hydrogen) atoms. The smallest absolute Gasteiger partial charge is 0.148 e. The van der Waals surface area contributed by atoms with Gasteiger partial charge in [-0.1, -0.05) is 0 Å². The molecule has 0 radical (unpaired) electrons. The molecule has 0 aromatic carbocycles. The average Bonchev–Trinajstić information content (AvgIpc) is 2.34. The van der Waals surface area contributed by atoms with E-state index >= 15 is 0 Å². The Kier molecular flexibility index (Phi) is 2.34. The Bertz CT molecular complexity index is 211. The molecule has 1 rings (SSSR count). The first-order valence-electron chi connectivity index (χ1n) is 3.00. The van der Waals surface area contributed by atoms with Crippen molar-refractivity contribution in [3.05, 3.63) is 16.1 Å². The van der Waals surface area contributed by atoms with Gasteiger partial charge in [-0.05, 0) is 6.92 Å². The summed E-state index contributed by atoms with van der Waals surface area (Å²) < 4.78 is 12.7. The summed E-state index contributed by atoms with van der Waals surface area (Å²) in [5, 5.41) is 0.881. The lowest BCUT2D eigenvalue weighted by Gasteiger charge is -1.97. The minimum Gasteiger partial charge on any atom is -0.327 e. The number of aromatic nitrogens is 1. The van der Waals surface area contributed by atoms with Crippen molar-refractivity contribution in [1.29, 1.82) is 0 Å². The van der Waals surface area contributed by atoms with Gasteiger partial charge in [0.05, 0.1) is 9.88 Å². The molecule has 0 aliphatic carbocycles. The third-order valence-electron chi connectivity index (χ3n) is 1.15. The molecule has 2 nitrogen and oxygen atoms in total. The lowest BCUT2D eigenvalue weighted by molar-refractivity contribution is 0.358. The van der Waals surface area contributed by atoms with E-state index in [0.717, 1.165) is 5.01 Å². The number of thiazole rings is 1. The molecule has 1 aromatic heterocycles. The Labute approximate surface area is 62.9 Å². The minimum atomic E-state index is -1.04. The Hall–Kier alpha value is -0.480. The summed E-state index contributed by atoms with van der Waals surface area (Å²) >= 11 is 1.35. The summed E-state index contributed by atoms with van der Waals surface area (Å²) in [5.74, 6) is 0. The van der Waals surface area contributed by atoms with Crippen molar-refractivity contribution in [2.24, 2.45) is 5.73 Å². The van der Waals surface area contributed by atoms with Crippen LogP contribution in [0.1, 0.15) is 16.1 Å². The number of nitrogens with two attached hydrogens (primary N) is 1. The van der Waals surface area contributed by atoms with Crippen LogP contribution in [0.4, 0.5) is 4.39 Å². The number of hydrogen-bond donors (Lipinski definition) is 1. The summed E-state index contributed by atoms with van der Waals surface area (Å²) in [5.41, 5.74) is 5.12. The van der Waals surface area contributed by atoms with Crippen LogP contribution in [0.15, 0.2) is 6.20 Å². The highest BCUT2D eigenvalue weighted by molar-refractivity contribution is 7.11. The van der Waals surface area contributed by atoms with Gasteiger partial charge in [0, 0.05) is 12.7 Å². The first-order chi connectivity index (χ1) is 4.74. The minimum absolute atomic E-state index is 0.0433. The van der Waals surface area contributed by atoms with Crippen LogP contribution >= 0.6 is 11.3 Å². The normalized spacial score (nSPS) is 13.5. The second kappa shape index (κ2) is 3.07. The summed E-state index contributed by atoms with van der Waals surface area (Å²) in [6.07, 6.45) is 0.503. The van der Waals surface area contributed by atoms with Crippen molar-refractivity contribution < 1.29 is 4.39 Å². The third kappa shape index (κ3) is 1.52. The van der Waals surface area contributed by atoms with Crippen LogP contribution in [0, 0.1) is 6.92 Å². The van der Waals surface area contributed by atoms with Gasteiger partial charge >= 0.3 is 0 Å². The Morgan fingerprint density at radius 2 is 2.60 bits per heavy atom. The number of aryl methyl sites for hydroxylation is 1. The van der Waals surface area contributed by atoms with Crippen molar-refractivity contribution in [3.63, 3.8) is 0 Å². The molecule has 1 atom stereocenters. The Morgan fingerprint density at radius 1 is 1.90 bits per heavy atom. The zero-order valence-electron chi connectivity index (χ0n) is 5.67. The number of hydrogen-bond acceptors (Lipinski definition) is 3. The van der Waals surface area contributed by atoms with Crippen LogP contribution in [0.5, 0.6) is 0 Å². The van der Waals surface area contributed by atoms with Gasteiger partial charge in [0.25, 0.3) is 0 Å². The van der Waals surface area contributed by atoms with E-state index in [0.29, 0.717) is 4.88 Å². The molecular formula is C6H9FN2S. The number of nitrogens with zero attached hydrogens (tertiary/aromatic N) is 1. The van der Waals surface area contributed by atoms with Crippen molar-refractivity contribution in [3.8, 4) is 0 Å². The molecule has 1 unspecified atom stereocenters. The van der Waals surface area contributed by atoms with E-state index in [1.807, 2.05) is 6.92 Å². The Balaban J connectivity index is 2.74. The molecule has 0 bridgehead atoms. The van der Waals surface area contributed by atoms with Gasteiger partial charge < -0.3 is 5.73 Å². The van der Waals surface area contributed by atoms with Gasteiger partial charge in [-0.3, -0.25) is 0 Å². The first kappa shape index (κ1) is 7.63. The van der Waals surface area contributed by atoms with Gasteiger partial charge in [-0.2, -0.15) is 0 Å². The SMILES string of the molecule is Cc1ncc(C(F)CN)s1. The molecule has 0 aliphatic rings. The van der Waals surface area contributed by atoms with E-state index < -0.39 is 6.17 Å². The molecule has 0 aliphatic heterocycles. The van der Waals surface area contributed by atoms with Crippen molar-refractivity contribution in [1.82, 2.24) is 4.98 Å². The van der Waals surface area contributed by atoms with Crippen molar-refractivity contribution >= 4 is 11.3 Å².